The van der Waals surface area contributed by atoms with Crippen molar-refractivity contribution in [1.29, 1.82) is 0 Å². The average Bonchev–Trinajstić information content (AvgIpc) is 1.85. The van der Waals surface area contributed by atoms with Crippen molar-refractivity contribution in [3.63, 3.8) is 0 Å². The molecule has 0 amide bonds. The van der Waals surface area contributed by atoms with Gasteiger partial charge in [-0.2, -0.15) is 0 Å². The van der Waals surface area contributed by atoms with Crippen molar-refractivity contribution in [3.8, 4) is 0 Å². The summed E-state index contributed by atoms with van der Waals surface area (Å²) < 4.78 is 0. The van der Waals surface area contributed by atoms with Gasteiger partial charge in [-0.1, -0.05) is 26.0 Å². The van der Waals surface area contributed by atoms with Gasteiger partial charge in [0, 0.05) is 12.1 Å². The SMILES string of the molecule is C=C(C)C(C(C)C)N(C)C(C)C. The average molecular weight is 169 g/mol. The quantitative estimate of drug-likeness (QED) is 0.585. The highest BCUT2D eigenvalue weighted by molar-refractivity contribution is 5.03. The molecular weight excluding hydrogens is 146 g/mol. The zero-order valence-corrected chi connectivity index (χ0v) is 9.39. The van der Waals surface area contributed by atoms with Crippen molar-refractivity contribution in [2.75, 3.05) is 7.05 Å². The first-order valence-corrected chi connectivity index (χ1v) is 4.75. The molecule has 0 aliphatic heterocycles. The summed E-state index contributed by atoms with van der Waals surface area (Å²) in [6, 6.07) is 1.11. The van der Waals surface area contributed by atoms with Crippen molar-refractivity contribution in [2.24, 2.45) is 5.92 Å². The van der Waals surface area contributed by atoms with E-state index < -0.39 is 0 Å². The summed E-state index contributed by atoms with van der Waals surface area (Å²) >= 11 is 0. The Morgan fingerprint density at radius 1 is 1.17 bits per heavy atom. The molecule has 1 unspecified atom stereocenters. The van der Waals surface area contributed by atoms with Crippen molar-refractivity contribution >= 4 is 0 Å². The molecule has 0 aliphatic carbocycles. The molecule has 72 valence electrons. The smallest absolute Gasteiger partial charge is 0.0324 e. The number of hydrogen-bond donors (Lipinski definition) is 0. The van der Waals surface area contributed by atoms with Gasteiger partial charge in [-0.3, -0.25) is 4.90 Å². The van der Waals surface area contributed by atoms with Gasteiger partial charge >= 0.3 is 0 Å². The van der Waals surface area contributed by atoms with E-state index in [0.717, 1.165) is 0 Å². The van der Waals surface area contributed by atoms with Gasteiger partial charge in [0.2, 0.25) is 0 Å². The van der Waals surface area contributed by atoms with Crippen LogP contribution in [0.1, 0.15) is 34.6 Å². The third kappa shape index (κ3) is 2.98. The zero-order valence-electron chi connectivity index (χ0n) is 9.39. The summed E-state index contributed by atoms with van der Waals surface area (Å²) in [6.07, 6.45) is 0. The van der Waals surface area contributed by atoms with Crippen LogP contribution in [-0.4, -0.2) is 24.0 Å². The van der Waals surface area contributed by atoms with E-state index in [1.54, 1.807) is 0 Å². The highest BCUT2D eigenvalue weighted by Gasteiger charge is 2.20. The lowest BCUT2D eigenvalue weighted by atomic mass is 9.96. The first kappa shape index (κ1) is 11.7. The highest BCUT2D eigenvalue weighted by atomic mass is 15.2. The Morgan fingerprint density at radius 3 is 1.67 bits per heavy atom. The van der Waals surface area contributed by atoms with Crippen LogP contribution in [0.15, 0.2) is 12.2 Å². The molecule has 0 radical (unpaired) electrons. The van der Waals surface area contributed by atoms with Gasteiger partial charge in [0.15, 0.2) is 0 Å². The molecule has 0 aromatic rings. The van der Waals surface area contributed by atoms with Crippen LogP contribution in [0, 0.1) is 5.92 Å². The minimum absolute atomic E-state index is 0.519. The first-order chi connectivity index (χ1) is 5.37. The van der Waals surface area contributed by atoms with Gasteiger partial charge in [0.1, 0.15) is 0 Å². The fraction of sp³-hybridized carbons (Fsp3) is 0.818. The Balaban J connectivity index is 4.40. The molecule has 0 spiro atoms. The highest BCUT2D eigenvalue weighted by Crippen LogP contribution is 2.18. The van der Waals surface area contributed by atoms with Gasteiger partial charge in [0.25, 0.3) is 0 Å². The molecule has 0 rings (SSSR count). The van der Waals surface area contributed by atoms with E-state index in [4.69, 9.17) is 0 Å². The molecule has 1 heteroatoms. The van der Waals surface area contributed by atoms with Crippen LogP contribution in [0.2, 0.25) is 0 Å². The Kier molecular flexibility index (Phi) is 4.54. The largest absolute Gasteiger partial charge is 0.297 e. The third-order valence-electron chi connectivity index (χ3n) is 2.39. The maximum absolute atomic E-state index is 4.04. The third-order valence-corrected chi connectivity index (χ3v) is 2.39. The predicted molar refractivity (Wildman–Crippen MR) is 56.3 cm³/mol. The molecule has 12 heavy (non-hydrogen) atoms. The molecule has 1 atom stereocenters. The molecule has 0 saturated carbocycles. The fourth-order valence-corrected chi connectivity index (χ4v) is 1.71. The summed E-state index contributed by atoms with van der Waals surface area (Å²) in [5.74, 6) is 0.648. The van der Waals surface area contributed by atoms with Crippen LogP contribution in [-0.2, 0) is 0 Å². The van der Waals surface area contributed by atoms with Gasteiger partial charge in [-0.05, 0) is 33.7 Å². The molecule has 0 aromatic heterocycles. The molecule has 0 bridgehead atoms. The standard InChI is InChI=1S/C11H23N/c1-8(2)11(9(3)4)12(7)10(5)6/h9-11H,1H2,2-7H3. The molecule has 1 nitrogen and oxygen atoms in total. The van der Waals surface area contributed by atoms with Crippen LogP contribution in [0.25, 0.3) is 0 Å². The van der Waals surface area contributed by atoms with E-state index in [0.29, 0.717) is 18.0 Å². The minimum atomic E-state index is 0.519. The minimum Gasteiger partial charge on any atom is -0.297 e. The Bertz CT molecular complexity index is 147. The number of hydrogen-bond acceptors (Lipinski definition) is 1. The fourth-order valence-electron chi connectivity index (χ4n) is 1.71. The van der Waals surface area contributed by atoms with E-state index >= 15 is 0 Å². The molecule has 0 aromatic carbocycles. The van der Waals surface area contributed by atoms with Crippen molar-refractivity contribution < 1.29 is 0 Å². The predicted octanol–water partition coefficient (Wildman–Crippen LogP) is 2.93. The maximum atomic E-state index is 4.04. The molecule has 0 N–H and O–H groups in total. The summed E-state index contributed by atoms with van der Waals surface area (Å²) in [5, 5.41) is 0. The summed E-state index contributed by atoms with van der Waals surface area (Å²) in [6.45, 7) is 15.1. The lowest BCUT2D eigenvalue weighted by Gasteiger charge is -2.34. The monoisotopic (exact) mass is 169 g/mol. The Labute approximate surface area is 77.5 Å². The van der Waals surface area contributed by atoms with E-state index in [-0.39, 0.29) is 0 Å². The van der Waals surface area contributed by atoms with Gasteiger partial charge in [-0.15, -0.1) is 0 Å². The number of likely N-dealkylation sites (N-methyl/N-ethyl adjacent to an activating group) is 1. The van der Waals surface area contributed by atoms with E-state index in [2.05, 4.69) is 53.1 Å². The van der Waals surface area contributed by atoms with E-state index in [1.165, 1.54) is 5.57 Å². The van der Waals surface area contributed by atoms with Crippen LogP contribution in [0.4, 0.5) is 0 Å². The van der Waals surface area contributed by atoms with Gasteiger partial charge in [0.05, 0.1) is 0 Å². The van der Waals surface area contributed by atoms with Crippen LogP contribution in [0.5, 0.6) is 0 Å². The molecule has 0 heterocycles. The summed E-state index contributed by atoms with van der Waals surface area (Å²) in [4.78, 5) is 2.38. The normalized spacial score (nSPS) is 14.4. The lowest BCUT2D eigenvalue weighted by Crippen LogP contribution is -2.40. The zero-order chi connectivity index (χ0) is 9.89. The van der Waals surface area contributed by atoms with Crippen LogP contribution < -0.4 is 0 Å². The topological polar surface area (TPSA) is 3.24 Å². The van der Waals surface area contributed by atoms with Gasteiger partial charge < -0.3 is 0 Å². The maximum Gasteiger partial charge on any atom is 0.0324 e. The Hall–Kier alpha value is -0.300. The second kappa shape index (κ2) is 4.66. The van der Waals surface area contributed by atoms with Crippen LogP contribution in [0.3, 0.4) is 0 Å². The Morgan fingerprint density at radius 2 is 1.58 bits per heavy atom. The summed E-state index contributed by atoms with van der Waals surface area (Å²) in [7, 11) is 2.17. The molecule has 0 saturated heterocycles. The number of rotatable bonds is 4. The molecular formula is C11H23N. The van der Waals surface area contributed by atoms with Gasteiger partial charge in [-0.25, -0.2) is 0 Å². The second-order valence-corrected chi connectivity index (χ2v) is 4.29. The van der Waals surface area contributed by atoms with Crippen LogP contribution >= 0.6 is 0 Å². The molecule has 0 fully saturated rings. The van der Waals surface area contributed by atoms with Crippen molar-refractivity contribution in [1.82, 2.24) is 4.90 Å². The number of nitrogens with zero attached hydrogens (tertiary/aromatic N) is 1. The van der Waals surface area contributed by atoms with Crippen molar-refractivity contribution in [3.05, 3.63) is 12.2 Å². The molecule has 0 aliphatic rings. The van der Waals surface area contributed by atoms with Crippen molar-refractivity contribution in [2.45, 2.75) is 46.7 Å². The second-order valence-electron chi connectivity index (χ2n) is 4.29. The lowest BCUT2D eigenvalue weighted by molar-refractivity contribution is 0.180. The van der Waals surface area contributed by atoms with E-state index in [1.807, 2.05) is 0 Å². The van der Waals surface area contributed by atoms with E-state index in [9.17, 15) is 0 Å². The summed E-state index contributed by atoms with van der Waals surface area (Å²) in [5.41, 5.74) is 1.27. The first-order valence-electron chi connectivity index (χ1n) is 4.75.